The van der Waals surface area contributed by atoms with E-state index in [-0.39, 0.29) is 12.0 Å². The van der Waals surface area contributed by atoms with Crippen molar-refractivity contribution in [1.29, 1.82) is 0 Å². The summed E-state index contributed by atoms with van der Waals surface area (Å²) in [5, 5.41) is 2.87. The lowest BCUT2D eigenvalue weighted by Gasteiger charge is -2.12. The van der Waals surface area contributed by atoms with Gasteiger partial charge in [-0.2, -0.15) is 0 Å². The van der Waals surface area contributed by atoms with Crippen LogP contribution in [0.25, 0.3) is 0 Å². The van der Waals surface area contributed by atoms with Gasteiger partial charge in [-0.25, -0.2) is 0 Å². The van der Waals surface area contributed by atoms with Crippen molar-refractivity contribution in [3.8, 4) is 11.5 Å². The summed E-state index contributed by atoms with van der Waals surface area (Å²) in [6, 6.07) is 12.7. The maximum absolute atomic E-state index is 12.4. The number of nitrogens with one attached hydrogen (secondary N) is 1. The van der Waals surface area contributed by atoms with Gasteiger partial charge in [0.1, 0.15) is 0 Å². The van der Waals surface area contributed by atoms with Gasteiger partial charge in [0.05, 0.1) is 26.4 Å². The molecule has 5 nitrogen and oxygen atoms in total. The van der Waals surface area contributed by atoms with Crippen LogP contribution in [0.1, 0.15) is 36.7 Å². The van der Waals surface area contributed by atoms with E-state index >= 15 is 0 Å². The van der Waals surface area contributed by atoms with Crippen molar-refractivity contribution < 1.29 is 19.0 Å². The third-order valence-electron chi connectivity index (χ3n) is 3.52. The van der Waals surface area contributed by atoms with Crippen molar-refractivity contribution >= 4 is 11.6 Å². The normalized spacial score (nSPS) is 10.6. The molecule has 0 radical (unpaired) electrons. The van der Waals surface area contributed by atoms with E-state index in [4.69, 9.17) is 14.2 Å². The number of carbonyl (C=O) groups excluding carboxylic acids is 1. The summed E-state index contributed by atoms with van der Waals surface area (Å²) >= 11 is 0. The average molecular weight is 343 g/mol. The van der Waals surface area contributed by atoms with E-state index in [1.807, 2.05) is 32.9 Å². The third kappa shape index (κ3) is 5.50. The average Bonchev–Trinajstić information content (AvgIpc) is 2.61. The second-order valence-electron chi connectivity index (χ2n) is 5.81. The molecule has 0 aliphatic carbocycles. The van der Waals surface area contributed by atoms with Gasteiger partial charge in [0.15, 0.2) is 11.5 Å². The van der Waals surface area contributed by atoms with Crippen LogP contribution in [0, 0.1) is 0 Å². The van der Waals surface area contributed by atoms with Crippen molar-refractivity contribution in [2.75, 3.05) is 19.0 Å². The van der Waals surface area contributed by atoms with E-state index in [2.05, 4.69) is 5.32 Å². The van der Waals surface area contributed by atoms with Crippen molar-refractivity contribution in [3.05, 3.63) is 53.6 Å². The molecule has 0 aliphatic heterocycles. The summed E-state index contributed by atoms with van der Waals surface area (Å²) in [6.45, 7) is 6.98. The lowest BCUT2D eigenvalue weighted by molar-refractivity contribution is 0.0657. The Kier molecular flexibility index (Phi) is 6.83. The fourth-order valence-electron chi connectivity index (χ4n) is 2.24. The number of carbonyl (C=O) groups is 1. The van der Waals surface area contributed by atoms with E-state index in [9.17, 15) is 4.79 Å². The standard InChI is InChI=1S/C20H25NO4/c1-5-24-18-11-10-17(12-19(18)23-4)21-20(22)16-8-6-15(7-9-16)13-25-14(2)3/h6-12,14H,5,13H2,1-4H3,(H,21,22). The molecule has 1 amide bonds. The second-order valence-corrected chi connectivity index (χ2v) is 5.81. The highest BCUT2D eigenvalue weighted by Crippen LogP contribution is 2.30. The predicted octanol–water partition coefficient (Wildman–Crippen LogP) is 4.27. The molecule has 25 heavy (non-hydrogen) atoms. The fourth-order valence-corrected chi connectivity index (χ4v) is 2.24. The van der Waals surface area contributed by atoms with E-state index in [0.29, 0.717) is 36.0 Å². The van der Waals surface area contributed by atoms with Gasteiger partial charge in [-0.1, -0.05) is 12.1 Å². The summed E-state index contributed by atoms with van der Waals surface area (Å²) in [4.78, 5) is 12.4. The Morgan fingerprint density at radius 1 is 1.08 bits per heavy atom. The molecule has 134 valence electrons. The SMILES string of the molecule is CCOc1ccc(NC(=O)c2ccc(COC(C)C)cc2)cc1OC. The monoisotopic (exact) mass is 343 g/mol. The number of benzene rings is 2. The number of hydrogen-bond acceptors (Lipinski definition) is 4. The first-order valence-electron chi connectivity index (χ1n) is 8.36. The van der Waals surface area contributed by atoms with E-state index in [0.717, 1.165) is 5.56 Å². The summed E-state index contributed by atoms with van der Waals surface area (Å²) in [5.74, 6) is 1.06. The van der Waals surface area contributed by atoms with Gasteiger partial charge in [0, 0.05) is 17.3 Å². The van der Waals surface area contributed by atoms with Crippen LogP contribution in [0.3, 0.4) is 0 Å². The van der Waals surface area contributed by atoms with Crippen molar-refractivity contribution in [2.45, 2.75) is 33.5 Å². The van der Waals surface area contributed by atoms with Gasteiger partial charge in [-0.15, -0.1) is 0 Å². The molecule has 0 spiro atoms. The zero-order valence-corrected chi connectivity index (χ0v) is 15.2. The predicted molar refractivity (Wildman–Crippen MR) is 98.5 cm³/mol. The summed E-state index contributed by atoms with van der Waals surface area (Å²) < 4.78 is 16.3. The Balaban J connectivity index is 2.04. The van der Waals surface area contributed by atoms with Crippen LogP contribution in [0.4, 0.5) is 5.69 Å². The van der Waals surface area contributed by atoms with Crippen LogP contribution in [0.5, 0.6) is 11.5 Å². The van der Waals surface area contributed by atoms with Gasteiger partial charge < -0.3 is 19.5 Å². The molecular weight excluding hydrogens is 318 g/mol. The molecule has 0 atom stereocenters. The minimum Gasteiger partial charge on any atom is -0.493 e. The number of rotatable bonds is 8. The molecule has 0 saturated carbocycles. The van der Waals surface area contributed by atoms with Crippen LogP contribution >= 0.6 is 0 Å². The first-order valence-corrected chi connectivity index (χ1v) is 8.36. The zero-order valence-electron chi connectivity index (χ0n) is 15.2. The Morgan fingerprint density at radius 2 is 1.80 bits per heavy atom. The molecule has 2 aromatic rings. The van der Waals surface area contributed by atoms with Gasteiger partial charge in [-0.3, -0.25) is 4.79 Å². The van der Waals surface area contributed by atoms with E-state index in [1.54, 1.807) is 37.4 Å². The van der Waals surface area contributed by atoms with Crippen LogP contribution < -0.4 is 14.8 Å². The quantitative estimate of drug-likeness (QED) is 0.777. The van der Waals surface area contributed by atoms with Crippen LogP contribution in [0.2, 0.25) is 0 Å². The van der Waals surface area contributed by atoms with Crippen molar-refractivity contribution in [3.63, 3.8) is 0 Å². The first kappa shape index (κ1) is 18.8. The second kappa shape index (κ2) is 9.08. The highest BCUT2D eigenvalue weighted by atomic mass is 16.5. The number of hydrogen-bond donors (Lipinski definition) is 1. The topological polar surface area (TPSA) is 56.8 Å². The maximum atomic E-state index is 12.4. The van der Waals surface area contributed by atoms with Gasteiger partial charge in [0.2, 0.25) is 0 Å². The molecule has 2 aromatic carbocycles. The highest BCUT2D eigenvalue weighted by Gasteiger charge is 2.10. The first-order chi connectivity index (χ1) is 12.0. The number of anilines is 1. The minimum absolute atomic E-state index is 0.178. The van der Waals surface area contributed by atoms with Gasteiger partial charge in [0.25, 0.3) is 5.91 Å². The molecule has 0 aromatic heterocycles. The smallest absolute Gasteiger partial charge is 0.255 e. The molecular formula is C20H25NO4. The molecule has 5 heteroatoms. The van der Waals surface area contributed by atoms with Gasteiger partial charge >= 0.3 is 0 Å². The highest BCUT2D eigenvalue weighted by molar-refractivity contribution is 6.04. The summed E-state index contributed by atoms with van der Waals surface area (Å²) in [5.41, 5.74) is 2.27. The largest absolute Gasteiger partial charge is 0.493 e. The molecule has 0 unspecified atom stereocenters. The number of ether oxygens (including phenoxy) is 3. The summed E-state index contributed by atoms with van der Waals surface area (Å²) in [7, 11) is 1.57. The number of amides is 1. The third-order valence-corrected chi connectivity index (χ3v) is 3.52. The maximum Gasteiger partial charge on any atom is 0.255 e. The Labute approximate surface area is 148 Å². The Hall–Kier alpha value is -2.53. The van der Waals surface area contributed by atoms with Crippen molar-refractivity contribution in [1.82, 2.24) is 0 Å². The molecule has 0 bridgehead atoms. The summed E-state index contributed by atoms with van der Waals surface area (Å²) in [6.07, 6.45) is 0.178. The van der Waals surface area contributed by atoms with Crippen LogP contribution in [-0.2, 0) is 11.3 Å². The Morgan fingerprint density at radius 3 is 2.40 bits per heavy atom. The van der Waals surface area contributed by atoms with E-state index < -0.39 is 0 Å². The lowest BCUT2D eigenvalue weighted by Crippen LogP contribution is -2.12. The molecule has 0 saturated heterocycles. The molecule has 1 N–H and O–H groups in total. The van der Waals surface area contributed by atoms with Gasteiger partial charge in [-0.05, 0) is 50.6 Å². The van der Waals surface area contributed by atoms with Crippen LogP contribution in [0.15, 0.2) is 42.5 Å². The lowest BCUT2D eigenvalue weighted by atomic mass is 10.1. The zero-order chi connectivity index (χ0) is 18.2. The minimum atomic E-state index is -0.178. The molecule has 2 rings (SSSR count). The fraction of sp³-hybridized carbons (Fsp3) is 0.350. The molecule has 0 aliphatic rings. The Bertz CT molecular complexity index is 695. The molecule has 0 fully saturated rings. The van der Waals surface area contributed by atoms with Crippen molar-refractivity contribution in [2.24, 2.45) is 0 Å². The van der Waals surface area contributed by atoms with Crippen LogP contribution in [-0.4, -0.2) is 25.7 Å². The molecule has 0 heterocycles. The van der Waals surface area contributed by atoms with E-state index in [1.165, 1.54) is 0 Å². The number of methoxy groups -OCH3 is 1.